The highest BCUT2D eigenvalue weighted by Crippen LogP contribution is 2.07. The van der Waals surface area contributed by atoms with E-state index in [1.807, 2.05) is 19.2 Å². The molecule has 0 aliphatic heterocycles. The second kappa shape index (κ2) is 5.07. The largest absolute Gasteiger partial charge is 0.348 e. The van der Waals surface area contributed by atoms with E-state index >= 15 is 0 Å². The van der Waals surface area contributed by atoms with Crippen molar-refractivity contribution in [3.8, 4) is 0 Å². The van der Waals surface area contributed by atoms with E-state index < -0.39 is 6.04 Å². The number of amides is 1. The van der Waals surface area contributed by atoms with Gasteiger partial charge in [-0.05, 0) is 13.3 Å². The van der Waals surface area contributed by atoms with E-state index in [1.54, 1.807) is 11.3 Å². The van der Waals surface area contributed by atoms with Gasteiger partial charge in [0.1, 0.15) is 5.01 Å². The Kier molecular flexibility index (Phi) is 4.03. The lowest BCUT2D eigenvalue weighted by Crippen LogP contribution is -2.39. The predicted octanol–water partition coefficient (Wildman–Crippen LogP) is 0.805. The van der Waals surface area contributed by atoms with Gasteiger partial charge in [0.05, 0.1) is 12.6 Å². The molecular formula is C9H15N3OS. The van der Waals surface area contributed by atoms with Crippen LogP contribution in [0.15, 0.2) is 5.38 Å². The van der Waals surface area contributed by atoms with E-state index in [9.17, 15) is 4.79 Å². The lowest BCUT2D eigenvalue weighted by molar-refractivity contribution is -0.122. The summed E-state index contributed by atoms with van der Waals surface area (Å²) >= 11 is 1.54. The van der Waals surface area contributed by atoms with Crippen LogP contribution in [-0.4, -0.2) is 16.9 Å². The van der Waals surface area contributed by atoms with Crippen molar-refractivity contribution >= 4 is 17.2 Å². The highest BCUT2D eigenvalue weighted by molar-refractivity contribution is 7.09. The summed E-state index contributed by atoms with van der Waals surface area (Å²) in [7, 11) is 0. The van der Waals surface area contributed by atoms with Crippen LogP contribution in [-0.2, 0) is 11.3 Å². The molecule has 0 aliphatic rings. The summed E-state index contributed by atoms with van der Waals surface area (Å²) in [4.78, 5) is 15.5. The van der Waals surface area contributed by atoms with Crippen LogP contribution in [0.3, 0.4) is 0 Å². The van der Waals surface area contributed by atoms with Crippen molar-refractivity contribution in [1.82, 2.24) is 10.3 Å². The molecule has 0 aromatic carbocycles. The molecule has 5 heteroatoms. The molecule has 1 aromatic heterocycles. The molecule has 0 bridgehead atoms. The lowest BCUT2D eigenvalue weighted by atomic mass is 10.2. The van der Waals surface area contributed by atoms with Crippen molar-refractivity contribution in [1.29, 1.82) is 0 Å². The molecule has 78 valence electrons. The minimum atomic E-state index is -0.406. The smallest absolute Gasteiger partial charge is 0.237 e. The zero-order valence-electron chi connectivity index (χ0n) is 8.41. The molecule has 0 fully saturated rings. The fourth-order valence-corrected chi connectivity index (χ4v) is 1.67. The Labute approximate surface area is 87.5 Å². The molecule has 1 aromatic rings. The van der Waals surface area contributed by atoms with Crippen LogP contribution in [0.4, 0.5) is 0 Å². The average molecular weight is 213 g/mol. The highest BCUT2D eigenvalue weighted by Gasteiger charge is 2.10. The molecular weight excluding hydrogens is 198 g/mol. The van der Waals surface area contributed by atoms with Crippen LogP contribution >= 0.6 is 11.3 Å². The number of aryl methyl sites for hydroxylation is 1. The molecule has 1 heterocycles. The molecule has 3 N–H and O–H groups in total. The number of hydrogen-bond donors (Lipinski definition) is 2. The number of nitrogens with zero attached hydrogens (tertiary/aromatic N) is 1. The molecule has 1 rings (SSSR count). The monoisotopic (exact) mass is 213 g/mol. The molecule has 0 spiro atoms. The van der Waals surface area contributed by atoms with Crippen molar-refractivity contribution in [3.05, 3.63) is 16.1 Å². The van der Waals surface area contributed by atoms with Gasteiger partial charge in [0.25, 0.3) is 0 Å². The lowest BCUT2D eigenvalue weighted by Gasteiger charge is -2.08. The maximum atomic E-state index is 11.3. The van der Waals surface area contributed by atoms with E-state index in [2.05, 4.69) is 10.3 Å². The zero-order chi connectivity index (χ0) is 10.6. The first-order chi connectivity index (χ1) is 6.63. The highest BCUT2D eigenvalue weighted by atomic mass is 32.1. The molecule has 0 radical (unpaired) electrons. The van der Waals surface area contributed by atoms with Crippen LogP contribution in [0.1, 0.15) is 24.0 Å². The van der Waals surface area contributed by atoms with Crippen LogP contribution in [0, 0.1) is 6.92 Å². The van der Waals surface area contributed by atoms with Gasteiger partial charge in [-0.1, -0.05) is 6.92 Å². The number of nitrogens with two attached hydrogens (primary N) is 1. The number of carbonyl (C=O) groups excluding carboxylic acids is 1. The maximum absolute atomic E-state index is 11.3. The van der Waals surface area contributed by atoms with Gasteiger partial charge in [-0.15, -0.1) is 11.3 Å². The number of hydrogen-bond acceptors (Lipinski definition) is 4. The molecule has 14 heavy (non-hydrogen) atoms. The summed E-state index contributed by atoms with van der Waals surface area (Å²) in [6.07, 6.45) is 0.655. The second-order valence-corrected chi connectivity index (χ2v) is 4.06. The minimum absolute atomic E-state index is 0.111. The Balaban J connectivity index is 2.37. The third-order valence-corrected chi connectivity index (χ3v) is 2.82. The SMILES string of the molecule is CC[C@@H](N)C(=O)NCc1nc(C)cs1. The number of carbonyl (C=O) groups is 1. The molecule has 0 aliphatic carbocycles. The van der Waals surface area contributed by atoms with E-state index in [1.165, 1.54) is 0 Å². The van der Waals surface area contributed by atoms with Crippen molar-refractivity contribution in [3.63, 3.8) is 0 Å². The summed E-state index contributed by atoms with van der Waals surface area (Å²) in [6, 6.07) is -0.406. The molecule has 0 saturated heterocycles. The Morgan fingerprint density at radius 1 is 1.79 bits per heavy atom. The number of rotatable bonds is 4. The van der Waals surface area contributed by atoms with E-state index in [4.69, 9.17) is 5.73 Å². The molecule has 4 nitrogen and oxygen atoms in total. The Morgan fingerprint density at radius 3 is 3.00 bits per heavy atom. The Bertz CT molecular complexity index is 311. The first-order valence-electron chi connectivity index (χ1n) is 4.57. The average Bonchev–Trinajstić information content (AvgIpc) is 2.59. The van der Waals surface area contributed by atoms with Gasteiger partial charge >= 0.3 is 0 Å². The van der Waals surface area contributed by atoms with Gasteiger partial charge in [0.15, 0.2) is 0 Å². The van der Waals surface area contributed by atoms with E-state index in [-0.39, 0.29) is 5.91 Å². The first-order valence-corrected chi connectivity index (χ1v) is 5.45. The Morgan fingerprint density at radius 2 is 2.50 bits per heavy atom. The second-order valence-electron chi connectivity index (χ2n) is 3.12. The van der Waals surface area contributed by atoms with Crippen molar-refractivity contribution < 1.29 is 4.79 Å². The topological polar surface area (TPSA) is 68.0 Å². The third kappa shape index (κ3) is 3.08. The summed E-state index contributed by atoms with van der Waals surface area (Å²) in [5.41, 5.74) is 6.54. The maximum Gasteiger partial charge on any atom is 0.237 e. The van der Waals surface area contributed by atoms with Crippen molar-refractivity contribution in [2.75, 3.05) is 0 Å². The predicted molar refractivity (Wildman–Crippen MR) is 57.0 cm³/mol. The number of nitrogens with one attached hydrogen (secondary N) is 1. The van der Waals surface area contributed by atoms with Gasteiger partial charge in [-0.25, -0.2) is 4.98 Å². The van der Waals surface area contributed by atoms with Crippen molar-refractivity contribution in [2.45, 2.75) is 32.9 Å². The molecule has 0 unspecified atom stereocenters. The van der Waals surface area contributed by atoms with E-state index in [0.29, 0.717) is 13.0 Å². The summed E-state index contributed by atoms with van der Waals surface area (Å²) in [6.45, 7) is 4.29. The number of aromatic nitrogens is 1. The van der Waals surface area contributed by atoms with Gasteiger partial charge < -0.3 is 11.1 Å². The zero-order valence-corrected chi connectivity index (χ0v) is 9.23. The van der Waals surface area contributed by atoms with Crippen LogP contribution in [0.5, 0.6) is 0 Å². The molecule has 0 saturated carbocycles. The number of thiazole rings is 1. The van der Waals surface area contributed by atoms with Crippen LogP contribution in [0.2, 0.25) is 0 Å². The first kappa shape index (κ1) is 11.1. The molecule has 1 amide bonds. The van der Waals surface area contributed by atoms with Gasteiger partial charge in [0, 0.05) is 11.1 Å². The minimum Gasteiger partial charge on any atom is -0.348 e. The summed E-state index contributed by atoms with van der Waals surface area (Å²) in [5.74, 6) is -0.111. The summed E-state index contributed by atoms with van der Waals surface area (Å²) < 4.78 is 0. The van der Waals surface area contributed by atoms with Gasteiger partial charge in [0.2, 0.25) is 5.91 Å². The normalized spacial score (nSPS) is 12.5. The standard InChI is InChI=1S/C9H15N3OS/c1-3-7(10)9(13)11-4-8-12-6(2)5-14-8/h5,7H,3-4,10H2,1-2H3,(H,11,13)/t7-/m1/s1. The molecule has 1 atom stereocenters. The van der Waals surface area contributed by atoms with Gasteiger partial charge in [-0.2, -0.15) is 0 Å². The fraction of sp³-hybridized carbons (Fsp3) is 0.556. The summed E-state index contributed by atoms with van der Waals surface area (Å²) in [5, 5.41) is 5.62. The van der Waals surface area contributed by atoms with Crippen LogP contribution < -0.4 is 11.1 Å². The fourth-order valence-electron chi connectivity index (χ4n) is 0.963. The van der Waals surface area contributed by atoms with Gasteiger partial charge in [-0.3, -0.25) is 4.79 Å². The quantitative estimate of drug-likeness (QED) is 0.777. The van der Waals surface area contributed by atoms with Crippen LogP contribution in [0.25, 0.3) is 0 Å². The third-order valence-electron chi connectivity index (χ3n) is 1.86. The Hall–Kier alpha value is -0.940. The van der Waals surface area contributed by atoms with Crippen molar-refractivity contribution in [2.24, 2.45) is 5.73 Å². The van der Waals surface area contributed by atoms with E-state index in [0.717, 1.165) is 10.7 Å².